The first-order valence-electron chi connectivity index (χ1n) is 7.88. The number of primary amides is 1. The summed E-state index contributed by atoms with van der Waals surface area (Å²) in [7, 11) is 0. The van der Waals surface area contributed by atoms with Gasteiger partial charge < -0.3 is 15.8 Å². The number of carbonyl (C=O) groups is 2. The van der Waals surface area contributed by atoms with Crippen LogP contribution < -0.4 is 15.8 Å². The zero-order valence-corrected chi connectivity index (χ0v) is 14.5. The third-order valence-electron chi connectivity index (χ3n) is 4.40. The highest BCUT2D eigenvalue weighted by Gasteiger charge is 2.25. The van der Waals surface area contributed by atoms with Crippen LogP contribution in [0.5, 0.6) is 5.75 Å². The molecule has 2 amide bonds. The maximum absolute atomic E-state index is 12.5. The molecule has 0 radical (unpaired) electrons. The van der Waals surface area contributed by atoms with Crippen LogP contribution in [0.4, 0.5) is 5.00 Å². The fourth-order valence-corrected chi connectivity index (χ4v) is 4.12. The molecule has 0 bridgehead atoms. The van der Waals surface area contributed by atoms with Crippen molar-refractivity contribution in [3.63, 3.8) is 0 Å². The molecule has 126 valence electrons. The van der Waals surface area contributed by atoms with Crippen LogP contribution in [0.15, 0.2) is 24.3 Å². The number of carbonyl (C=O) groups excluding carboxylic acids is 2. The number of fused-ring (bicyclic) bond motifs is 1. The number of rotatable bonds is 4. The predicted molar refractivity (Wildman–Crippen MR) is 94.9 cm³/mol. The number of nitrogens with two attached hydrogens (primary N) is 1. The van der Waals surface area contributed by atoms with E-state index in [-0.39, 0.29) is 11.8 Å². The van der Waals surface area contributed by atoms with Gasteiger partial charge in [-0.3, -0.25) is 9.59 Å². The number of aryl methyl sites for hydroxylation is 1. The van der Waals surface area contributed by atoms with Crippen molar-refractivity contribution in [1.82, 2.24) is 0 Å². The topological polar surface area (TPSA) is 81.4 Å². The Labute approximate surface area is 144 Å². The first-order valence-corrected chi connectivity index (χ1v) is 8.70. The van der Waals surface area contributed by atoms with Gasteiger partial charge in [0.2, 0.25) is 5.91 Å². The van der Waals surface area contributed by atoms with Crippen molar-refractivity contribution in [2.24, 2.45) is 5.73 Å². The lowest BCUT2D eigenvalue weighted by Gasteiger charge is -2.25. The molecular weight excluding hydrogens is 324 g/mol. The van der Waals surface area contributed by atoms with Crippen LogP contribution in [0.3, 0.4) is 0 Å². The van der Waals surface area contributed by atoms with Gasteiger partial charge in [-0.1, -0.05) is 18.2 Å². The van der Waals surface area contributed by atoms with Gasteiger partial charge in [0.05, 0.1) is 12.2 Å². The molecule has 24 heavy (non-hydrogen) atoms. The van der Waals surface area contributed by atoms with Crippen LogP contribution in [-0.2, 0) is 4.79 Å². The molecule has 2 aromatic rings. The summed E-state index contributed by atoms with van der Waals surface area (Å²) >= 11 is 1.39. The molecule has 0 unspecified atom stereocenters. The fraction of sp³-hybridized carbons (Fsp3) is 0.333. The van der Waals surface area contributed by atoms with Gasteiger partial charge in [0, 0.05) is 11.3 Å². The molecule has 0 saturated heterocycles. The van der Waals surface area contributed by atoms with Crippen LogP contribution in [0, 0.1) is 13.8 Å². The van der Waals surface area contributed by atoms with Crippen molar-refractivity contribution in [3.05, 3.63) is 45.8 Å². The van der Waals surface area contributed by atoms with Gasteiger partial charge in [-0.05, 0) is 43.4 Å². The average Bonchev–Trinajstić information content (AvgIpc) is 2.82. The van der Waals surface area contributed by atoms with Gasteiger partial charge in [-0.2, -0.15) is 0 Å². The first-order chi connectivity index (χ1) is 11.5. The normalized spacial score (nSPS) is 16.2. The number of thiophene rings is 1. The molecule has 1 aromatic carbocycles. The number of para-hydroxylation sites is 1. The Morgan fingerprint density at radius 2 is 2.08 bits per heavy atom. The van der Waals surface area contributed by atoms with Gasteiger partial charge in [-0.15, -0.1) is 11.3 Å². The molecule has 5 nitrogen and oxygen atoms in total. The van der Waals surface area contributed by atoms with Gasteiger partial charge in [0.25, 0.3) is 5.91 Å². The smallest absolute Gasteiger partial charge is 0.251 e. The minimum Gasteiger partial charge on any atom is -0.493 e. The van der Waals surface area contributed by atoms with Crippen molar-refractivity contribution in [1.29, 1.82) is 0 Å². The van der Waals surface area contributed by atoms with E-state index < -0.39 is 5.91 Å². The molecule has 1 aromatic heterocycles. The van der Waals surface area contributed by atoms with Crippen molar-refractivity contribution >= 4 is 28.2 Å². The molecule has 1 aliphatic heterocycles. The third kappa shape index (κ3) is 3.14. The molecule has 6 heteroatoms. The number of hydrogen-bond acceptors (Lipinski definition) is 4. The highest BCUT2D eigenvalue weighted by Crippen LogP contribution is 2.36. The second kappa shape index (κ2) is 6.65. The summed E-state index contributed by atoms with van der Waals surface area (Å²) in [5.41, 5.74) is 7.76. The van der Waals surface area contributed by atoms with Crippen molar-refractivity contribution < 1.29 is 14.3 Å². The van der Waals surface area contributed by atoms with E-state index in [1.54, 1.807) is 0 Å². The maximum atomic E-state index is 12.5. The van der Waals surface area contributed by atoms with Crippen LogP contribution in [0.1, 0.15) is 45.1 Å². The van der Waals surface area contributed by atoms with Crippen molar-refractivity contribution in [2.45, 2.75) is 32.6 Å². The summed E-state index contributed by atoms with van der Waals surface area (Å²) < 4.78 is 5.63. The Balaban J connectivity index is 1.76. The second-order valence-corrected chi connectivity index (χ2v) is 7.20. The number of hydrogen-bond donors (Lipinski definition) is 2. The van der Waals surface area contributed by atoms with Crippen LogP contribution in [-0.4, -0.2) is 18.4 Å². The summed E-state index contributed by atoms with van der Waals surface area (Å²) in [6.07, 6.45) is 1.16. The molecule has 3 N–H and O–H groups in total. The van der Waals surface area contributed by atoms with E-state index in [1.165, 1.54) is 11.3 Å². The highest BCUT2D eigenvalue weighted by atomic mass is 32.1. The molecule has 0 fully saturated rings. The van der Waals surface area contributed by atoms with E-state index in [1.807, 2.05) is 38.1 Å². The maximum Gasteiger partial charge on any atom is 0.251 e. The number of ether oxygens (including phenoxy) is 1. The van der Waals surface area contributed by atoms with E-state index >= 15 is 0 Å². The minimum absolute atomic E-state index is 0.111. The molecule has 2 heterocycles. The van der Waals surface area contributed by atoms with Crippen LogP contribution in [0.25, 0.3) is 0 Å². The second-order valence-electron chi connectivity index (χ2n) is 5.98. The van der Waals surface area contributed by atoms with Gasteiger partial charge in [0.1, 0.15) is 10.8 Å². The molecule has 3 rings (SSSR count). The molecule has 1 atom stereocenters. The van der Waals surface area contributed by atoms with Gasteiger partial charge in [0.15, 0.2) is 0 Å². The number of amides is 2. The molecule has 1 aliphatic rings. The number of benzene rings is 1. The van der Waals surface area contributed by atoms with Gasteiger partial charge >= 0.3 is 0 Å². The largest absolute Gasteiger partial charge is 0.493 e. The Morgan fingerprint density at radius 3 is 2.83 bits per heavy atom. The monoisotopic (exact) mass is 344 g/mol. The van der Waals surface area contributed by atoms with Crippen molar-refractivity contribution in [3.8, 4) is 5.75 Å². The summed E-state index contributed by atoms with van der Waals surface area (Å²) in [4.78, 5) is 25.1. The lowest BCUT2D eigenvalue weighted by atomic mass is 9.90. The quantitative estimate of drug-likeness (QED) is 0.892. The van der Waals surface area contributed by atoms with E-state index in [0.717, 1.165) is 28.2 Å². The Bertz CT molecular complexity index is 798. The molecular formula is C18H20N2O3S. The predicted octanol–water partition coefficient (Wildman–Crippen LogP) is 3.36. The Kier molecular flexibility index (Phi) is 4.57. The minimum atomic E-state index is -0.511. The van der Waals surface area contributed by atoms with Gasteiger partial charge in [-0.25, -0.2) is 0 Å². The molecule has 0 aliphatic carbocycles. The van der Waals surface area contributed by atoms with E-state index in [9.17, 15) is 9.59 Å². The third-order valence-corrected chi connectivity index (χ3v) is 5.52. The summed E-state index contributed by atoms with van der Waals surface area (Å²) in [6, 6.07) is 7.81. The van der Waals surface area contributed by atoms with E-state index in [4.69, 9.17) is 10.5 Å². The summed E-state index contributed by atoms with van der Waals surface area (Å²) in [5, 5.41) is 3.41. The zero-order chi connectivity index (χ0) is 17.3. The molecule has 0 spiro atoms. The lowest BCUT2D eigenvalue weighted by Crippen LogP contribution is -2.22. The summed E-state index contributed by atoms with van der Waals surface area (Å²) in [5.74, 6) is 0.348. The van der Waals surface area contributed by atoms with Crippen LogP contribution >= 0.6 is 11.3 Å². The number of nitrogens with one attached hydrogen (secondary N) is 1. The Morgan fingerprint density at radius 1 is 1.33 bits per heavy atom. The average molecular weight is 344 g/mol. The molecule has 0 saturated carbocycles. The SMILES string of the molecule is Cc1sc(NC(=O)C[C@H]2CCOc3ccccc32)c(C(N)=O)c1C. The number of anilines is 1. The van der Waals surface area contributed by atoms with Crippen LogP contribution in [0.2, 0.25) is 0 Å². The lowest BCUT2D eigenvalue weighted by molar-refractivity contribution is -0.116. The van der Waals surface area contributed by atoms with E-state index in [0.29, 0.717) is 23.6 Å². The fourth-order valence-electron chi connectivity index (χ4n) is 3.04. The highest BCUT2D eigenvalue weighted by molar-refractivity contribution is 7.16. The first kappa shape index (κ1) is 16.5. The summed E-state index contributed by atoms with van der Waals surface area (Å²) in [6.45, 7) is 4.37. The van der Waals surface area contributed by atoms with Crippen molar-refractivity contribution in [2.75, 3.05) is 11.9 Å². The van der Waals surface area contributed by atoms with E-state index in [2.05, 4.69) is 5.32 Å². The standard InChI is InChI=1S/C18H20N2O3S/c1-10-11(2)24-18(16(10)17(19)22)20-15(21)9-12-7-8-23-14-6-4-3-5-13(12)14/h3-6,12H,7-9H2,1-2H3,(H2,19,22)(H,20,21)/t12-/m1/s1. The Hall–Kier alpha value is -2.34. The zero-order valence-electron chi connectivity index (χ0n) is 13.7.